The molecule has 54 heavy (non-hydrogen) atoms. The Balaban J connectivity index is 0.997. The smallest absolute Gasteiger partial charge is 0.136 e. The molecule has 0 radical (unpaired) electrons. The lowest BCUT2D eigenvalue weighted by molar-refractivity contribution is 0.669. The maximum Gasteiger partial charge on any atom is 0.136 e. The molecule has 0 aliphatic heterocycles. The van der Waals surface area contributed by atoms with Crippen LogP contribution >= 0.6 is 11.3 Å². The summed E-state index contributed by atoms with van der Waals surface area (Å²) in [4.78, 5) is 0. The van der Waals surface area contributed by atoms with Crippen molar-refractivity contribution >= 4 is 96.5 Å². The van der Waals surface area contributed by atoms with Crippen molar-refractivity contribution < 1.29 is 4.42 Å². The first-order valence-electron chi connectivity index (χ1n) is 18.5. The third-order valence-electron chi connectivity index (χ3n) is 11.4. The van der Waals surface area contributed by atoms with Crippen molar-refractivity contribution in [1.29, 1.82) is 0 Å². The fourth-order valence-corrected chi connectivity index (χ4v) is 10.2. The molecular formula is C52H30OS. The van der Waals surface area contributed by atoms with Gasteiger partial charge in [-0.1, -0.05) is 152 Å². The van der Waals surface area contributed by atoms with Crippen molar-refractivity contribution in [3.05, 3.63) is 182 Å². The van der Waals surface area contributed by atoms with Crippen LogP contribution < -0.4 is 0 Å². The zero-order valence-electron chi connectivity index (χ0n) is 29.1. The summed E-state index contributed by atoms with van der Waals surface area (Å²) in [6.45, 7) is 0. The molecule has 2 heterocycles. The molecule has 0 amide bonds. The van der Waals surface area contributed by atoms with E-state index >= 15 is 0 Å². The first kappa shape index (κ1) is 29.8. The molecule has 0 saturated carbocycles. The Kier molecular flexibility index (Phi) is 6.28. The summed E-state index contributed by atoms with van der Waals surface area (Å²) in [6.07, 6.45) is 0. The zero-order valence-corrected chi connectivity index (χ0v) is 30.0. The van der Waals surface area contributed by atoms with Crippen LogP contribution in [0.5, 0.6) is 0 Å². The van der Waals surface area contributed by atoms with Crippen molar-refractivity contribution in [2.45, 2.75) is 0 Å². The van der Waals surface area contributed by atoms with E-state index in [4.69, 9.17) is 4.42 Å². The van der Waals surface area contributed by atoms with Gasteiger partial charge in [0.15, 0.2) is 0 Å². The van der Waals surface area contributed by atoms with E-state index < -0.39 is 0 Å². The van der Waals surface area contributed by atoms with Gasteiger partial charge in [0.05, 0.1) is 0 Å². The van der Waals surface area contributed by atoms with E-state index in [0.717, 1.165) is 11.2 Å². The standard InChI is InChI=1S/C52H30OS/c1-2-12-36-32(10-1)11-9-18-38(36)51-41-16-5-3-14-39(41)50(40-15-4-6-17-42(40)51)33-22-20-31(21-23-33)34-25-27-49-46(28-34)43-26-24-35-29-48-45(30-44(35)52(43)54-49)37-13-7-8-19-47(37)53-48/h1-30H. The van der Waals surface area contributed by atoms with Crippen LogP contribution in [0.3, 0.4) is 0 Å². The van der Waals surface area contributed by atoms with Gasteiger partial charge >= 0.3 is 0 Å². The second-order valence-electron chi connectivity index (χ2n) is 14.4. The van der Waals surface area contributed by atoms with Crippen molar-refractivity contribution in [3.63, 3.8) is 0 Å². The largest absolute Gasteiger partial charge is 0.456 e. The van der Waals surface area contributed by atoms with Gasteiger partial charge in [0.2, 0.25) is 0 Å². The summed E-state index contributed by atoms with van der Waals surface area (Å²) in [5, 5.41) is 15.1. The molecule has 0 aliphatic carbocycles. The number of thiophene rings is 1. The summed E-state index contributed by atoms with van der Waals surface area (Å²) in [5.41, 5.74) is 9.39. The summed E-state index contributed by atoms with van der Waals surface area (Å²) in [5.74, 6) is 0. The fraction of sp³-hybridized carbons (Fsp3) is 0. The highest BCUT2D eigenvalue weighted by Gasteiger charge is 2.18. The number of benzene rings is 10. The van der Waals surface area contributed by atoms with E-state index in [2.05, 4.69) is 176 Å². The monoisotopic (exact) mass is 702 g/mol. The van der Waals surface area contributed by atoms with Crippen molar-refractivity contribution in [2.75, 3.05) is 0 Å². The Morgan fingerprint density at radius 3 is 1.72 bits per heavy atom. The molecule has 10 aromatic carbocycles. The van der Waals surface area contributed by atoms with E-state index in [9.17, 15) is 0 Å². The predicted octanol–water partition coefficient (Wildman–Crippen LogP) is 15.6. The summed E-state index contributed by atoms with van der Waals surface area (Å²) >= 11 is 1.88. The Morgan fingerprint density at radius 1 is 0.315 bits per heavy atom. The average molecular weight is 703 g/mol. The van der Waals surface area contributed by atoms with Gasteiger partial charge in [0.1, 0.15) is 11.2 Å². The van der Waals surface area contributed by atoms with Crippen LogP contribution in [0.15, 0.2) is 186 Å². The number of para-hydroxylation sites is 1. The molecule has 12 aromatic rings. The van der Waals surface area contributed by atoms with Crippen molar-refractivity contribution in [1.82, 2.24) is 0 Å². The van der Waals surface area contributed by atoms with Crippen molar-refractivity contribution in [3.8, 4) is 33.4 Å². The topological polar surface area (TPSA) is 13.1 Å². The van der Waals surface area contributed by atoms with E-state index in [1.165, 1.54) is 107 Å². The van der Waals surface area contributed by atoms with Gasteiger partial charge in [-0.05, 0) is 101 Å². The van der Waals surface area contributed by atoms with Crippen LogP contribution in [-0.2, 0) is 0 Å². The van der Waals surface area contributed by atoms with Gasteiger partial charge in [-0.15, -0.1) is 11.3 Å². The zero-order chi connectivity index (χ0) is 35.3. The average Bonchev–Trinajstić information content (AvgIpc) is 3.79. The molecule has 2 aromatic heterocycles. The van der Waals surface area contributed by atoms with Gasteiger partial charge in [0.25, 0.3) is 0 Å². The molecule has 0 bridgehead atoms. The van der Waals surface area contributed by atoms with E-state index in [0.29, 0.717) is 0 Å². The second-order valence-corrected chi connectivity index (χ2v) is 15.4. The molecule has 250 valence electrons. The fourth-order valence-electron chi connectivity index (χ4n) is 8.96. The molecule has 0 spiro atoms. The Hall–Kier alpha value is -6.74. The minimum absolute atomic E-state index is 0.936. The minimum atomic E-state index is 0.936. The normalized spacial score (nSPS) is 12.1. The highest BCUT2D eigenvalue weighted by molar-refractivity contribution is 7.26. The molecule has 1 nitrogen and oxygen atoms in total. The summed E-state index contributed by atoms with van der Waals surface area (Å²) in [7, 11) is 0. The maximum atomic E-state index is 6.22. The molecule has 12 rings (SSSR count). The first-order valence-corrected chi connectivity index (χ1v) is 19.3. The van der Waals surface area contributed by atoms with Gasteiger partial charge in [-0.3, -0.25) is 0 Å². The SMILES string of the molecule is c1ccc2c(-c3c4ccccc4c(-c4ccc(-c5ccc6sc7c8cc9c(cc8ccc7c6c5)oc5ccccc59)cc4)c4ccccc34)cccc2c1. The first-order chi connectivity index (χ1) is 26.8. The number of rotatable bonds is 3. The number of furan rings is 1. The van der Waals surface area contributed by atoms with E-state index in [1.54, 1.807) is 0 Å². The van der Waals surface area contributed by atoms with Gasteiger partial charge < -0.3 is 4.42 Å². The molecule has 0 N–H and O–H groups in total. The lowest BCUT2D eigenvalue weighted by Gasteiger charge is -2.19. The highest BCUT2D eigenvalue weighted by atomic mass is 32.1. The molecule has 0 atom stereocenters. The van der Waals surface area contributed by atoms with Crippen molar-refractivity contribution in [2.24, 2.45) is 0 Å². The summed E-state index contributed by atoms with van der Waals surface area (Å²) < 4.78 is 8.85. The van der Waals surface area contributed by atoms with E-state index in [1.807, 2.05) is 17.4 Å². The van der Waals surface area contributed by atoms with Crippen LogP contribution in [0.2, 0.25) is 0 Å². The Morgan fingerprint density at radius 2 is 0.944 bits per heavy atom. The third-order valence-corrected chi connectivity index (χ3v) is 12.7. The second kappa shape index (κ2) is 11.4. The van der Waals surface area contributed by atoms with Gasteiger partial charge in [-0.25, -0.2) is 0 Å². The number of hydrogen-bond donors (Lipinski definition) is 0. The number of fused-ring (bicyclic) bond motifs is 11. The summed E-state index contributed by atoms with van der Waals surface area (Å²) in [6, 6.07) is 66.8. The lowest BCUT2D eigenvalue weighted by Crippen LogP contribution is -1.91. The van der Waals surface area contributed by atoms with E-state index in [-0.39, 0.29) is 0 Å². The van der Waals surface area contributed by atoms with Gasteiger partial charge in [-0.2, -0.15) is 0 Å². The van der Waals surface area contributed by atoms with Crippen LogP contribution in [0.4, 0.5) is 0 Å². The highest BCUT2D eigenvalue weighted by Crippen LogP contribution is 2.46. The molecule has 2 heteroatoms. The van der Waals surface area contributed by atoms with Crippen LogP contribution in [0, 0.1) is 0 Å². The molecule has 0 saturated heterocycles. The van der Waals surface area contributed by atoms with Crippen LogP contribution in [0.25, 0.3) is 119 Å². The molecule has 0 unspecified atom stereocenters. The minimum Gasteiger partial charge on any atom is -0.456 e. The molecule has 0 fully saturated rings. The Bertz CT molecular complexity index is 3430. The maximum absolute atomic E-state index is 6.22. The molecule has 0 aliphatic rings. The quantitative estimate of drug-likeness (QED) is 0.167. The van der Waals surface area contributed by atoms with Crippen LogP contribution in [0.1, 0.15) is 0 Å². The molecular weight excluding hydrogens is 673 g/mol. The van der Waals surface area contributed by atoms with Gasteiger partial charge in [0, 0.05) is 36.3 Å². The van der Waals surface area contributed by atoms with Crippen LogP contribution in [-0.4, -0.2) is 0 Å². The number of hydrogen-bond acceptors (Lipinski definition) is 2. The lowest BCUT2D eigenvalue weighted by atomic mass is 9.84. The third kappa shape index (κ3) is 4.32. The predicted molar refractivity (Wildman–Crippen MR) is 233 cm³/mol. The Labute approximate surface area is 314 Å².